The van der Waals surface area contributed by atoms with Crippen LogP contribution in [0.1, 0.15) is 64.2 Å². The lowest BCUT2D eigenvalue weighted by Gasteiger charge is -2.23. The molecule has 0 N–H and O–H groups in total. The Morgan fingerprint density at radius 3 is 0.786 bits per heavy atom. The normalized spacial score (nSPS) is 24.1. The van der Waals surface area contributed by atoms with E-state index in [0.29, 0.717) is 0 Å². The van der Waals surface area contributed by atoms with Gasteiger partial charge in [-0.1, -0.05) is 12.8 Å². The molecule has 0 aromatic carbocycles. The van der Waals surface area contributed by atoms with Crippen LogP contribution in [0.4, 0.5) is 0 Å². The molecule has 0 radical (unpaired) electrons. The minimum absolute atomic E-state index is 0.158. The van der Waals surface area contributed by atoms with Gasteiger partial charge in [0.25, 0.3) is 0 Å². The molecule has 16 heteroatoms. The molecular formula is C26H36O16. The maximum absolute atomic E-state index is 12.4. The van der Waals surface area contributed by atoms with Gasteiger partial charge in [-0.2, -0.15) is 0 Å². The van der Waals surface area contributed by atoms with Crippen molar-refractivity contribution in [2.45, 2.75) is 88.6 Å². The highest BCUT2D eigenvalue weighted by Crippen LogP contribution is 2.17. The molecule has 1 saturated heterocycles. The summed E-state index contributed by atoms with van der Waals surface area (Å²) >= 11 is 0. The summed E-state index contributed by atoms with van der Waals surface area (Å²) in [5, 5.41) is 0. The lowest BCUT2D eigenvalue weighted by atomic mass is 10.1. The number of carbonyl (C=O) groups is 8. The van der Waals surface area contributed by atoms with Crippen LogP contribution in [0.25, 0.3) is 0 Å². The predicted molar refractivity (Wildman–Crippen MR) is 134 cm³/mol. The Hall–Kier alpha value is -4.24. The molecule has 16 nitrogen and oxygen atoms in total. The fraction of sp³-hybridized carbons (Fsp3) is 0.692. The number of ether oxygens (including phenoxy) is 8. The number of hydrogen-bond donors (Lipinski definition) is 0. The van der Waals surface area contributed by atoms with E-state index < -0.39 is 72.2 Å². The Balaban J connectivity index is 3.14. The van der Waals surface area contributed by atoms with Crippen LogP contribution in [0.15, 0.2) is 0 Å². The van der Waals surface area contributed by atoms with Crippen molar-refractivity contribution in [2.24, 2.45) is 0 Å². The van der Waals surface area contributed by atoms with E-state index in [9.17, 15) is 38.4 Å². The van der Waals surface area contributed by atoms with Gasteiger partial charge in [0.15, 0.2) is 0 Å². The fourth-order valence-corrected chi connectivity index (χ4v) is 3.63. The van der Waals surface area contributed by atoms with Crippen LogP contribution in [-0.2, 0) is 76.3 Å². The smallest absolute Gasteiger partial charge is 0.351 e. The predicted octanol–water partition coefficient (Wildman–Crippen LogP) is 0.240. The van der Waals surface area contributed by atoms with E-state index >= 15 is 0 Å². The molecule has 1 aliphatic heterocycles. The van der Waals surface area contributed by atoms with Gasteiger partial charge in [-0.25, -0.2) is 19.2 Å². The second-order valence-electron chi connectivity index (χ2n) is 8.86. The molecule has 4 atom stereocenters. The zero-order valence-corrected chi connectivity index (χ0v) is 23.9. The summed E-state index contributed by atoms with van der Waals surface area (Å²) in [5.41, 5.74) is 0. The average Bonchev–Trinajstić information content (AvgIpc) is 2.97. The van der Waals surface area contributed by atoms with Gasteiger partial charge in [0, 0.05) is 25.7 Å². The van der Waals surface area contributed by atoms with E-state index in [0.717, 1.165) is 28.4 Å². The molecule has 236 valence electrons. The van der Waals surface area contributed by atoms with Crippen molar-refractivity contribution < 1.29 is 76.3 Å². The number of hydrogen-bond acceptors (Lipinski definition) is 16. The molecule has 0 saturated carbocycles. The molecule has 42 heavy (non-hydrogen) atoms. The molecule has 0 amide bonds. The molecule has 0 aromatic rings. The van der Waals surface area contributed by atoms with Crippen molar-refractivity contribution >= 4 is 47.8 Å². The van der Waals surface area contributed by atoms with E-state index in [-0.39, 0.29) is 64.2 Å². The second-order valence-corrected chi connectivity index (χ2v) is 8.86. The maximum Gasteiger partial charge on any atom is 0.351 e. The number of methoxy groups -OCH3 is 4. The summed E-state index contributed by atoms with van der Waals surface area (Å²) in [6, 6.07) is 0. The molecule has 1 heterocycles. The number of carbonyl (C=O) groups excluding carboxylic acids is 8. The largest absolute Gasteiger partial charge is 0.466 e. The van der Waals surface area contributed by atoms with Gasteiger partial charge in [-0.3, -0.25) is 19.2 Å². The van der Waals surface area contributed by atoms with Crippen molar-refractivity contribution in [2.75, 3.05) is 28.4 Å². The van der Waals surface area contributed by atoms with Gasteiger partial charge in [-0.05, 0) is 25.7 Å². The van der Waals surface area contributed by atoms with Crippen molar-refractivity contribution in [3.63, 3.8) is 0 Å². The summed E-state index contributed by atoms with van der Waals surface area (Å²) in [6.07, 6.45) is -7.58. The fourth-order valence-electron chi connectivity index (χ4n) is 3.63. The molecule has 0 aliphatic carbocycles. The highest BCUT2D eigenvalue weighted by atomic mass is 16.6. The Bertz CT molecular complexity index is 835. The second kappa shape index (κ2) is 19.0. The number of rotatable bonds is 4. The molecule has 1 fully saturated rings. The number of esters is 8. The Labute approximate surface area is 241 Å². The molecule has 0 bridgehead atoms. The van der Waals surface area contributed by atoms with Crippen LogP contribution < -0.4 is 0 Å². The van der Waals surface area contributed by atoms with Crippen LogP contribution in [0.3, 0.4) is 0 Å². The average molecular weight is 605 g/mol. The SMILES string of the molecule is COC(=O)C1OC(=O)CCCCCC(=O)OC(C(=O)OC)C(C(=O)OC)OC(=O)CCCCCC(=O)OC1C(=O)OC. The third-order valence-electron chi connectivity index (χ3n) is 5.84. The van der Waals surface area contributed by atoms with Gasteiger partial charge in [0.1, 0.15) is 0 Å². The highest BCUT2D eigenvalue weighted by molar-refractivity contribution is 5.90. The van der Waals surface area contributed by atoms with Crippen molar-refractivity contribution in [1.29, 1.82) is 0 Å². The quantitative estimate of drug-likeness (QED) is 0.311. The topological polar surface area (TPSA) is 210 Å². The molecule has 0 aromatic heterocycles. The molecule has 4 unspecified atom stereocenters. The van der Waals surface area contributed by atoms with Crippen molar-refractivity contribution in [3.8, 4) is 0 Å². The maximum atomic E-state index is 12.4. The summed E-state index contributed by atoms with van der Waals surface area (Å²) in [5.74, 6) is -8.33. The van der Waals surface area contributed by atoms with E-state index in [1.54, 1.807) is 0 Å². The first-order valence-corrected chi connectivity index (χ1v) is 13.1. The Kier molecular flexibility index (Phi) is 16.2. The van der Waals surface area contributed by atoms with Gasteiger partial charge in [0.05, 0.1) is 28.4 Å². The van der Waals surface area contributed by atoms with Crippen LogP contribution in [0.5, 0.6) is 0 Å². The Morgan fingerprint density at radius 1 is 0.429 bits per heavy atom. The first kappa shape index (κ1) is 35.8. The van der Waals surface area contributed by atoms with Crippen LogP contribution in [-0.4, -0.2) is 101 Å². The minimum atomic E-state index is -1.93. The lowest BCUT2D eigenvalue weighted by Crippen LogP contribution is -2.47. The van der Waals surface area contributed by atoms with Gasteiger partial charge >= 0.3 is 47.8 Å². The summed E-state index contributed by atoms with van der Waals surface area (Å²) in [4.78, 5) is 98.9. The van der Waals surface area contributed by atoms with Gasteiger partial charge < -0.3 is 37.9 Å². The first-order valence-electron chi connectivity index (χ1n) is 13.1. The standard InChI is InChI=1S/C26H36O16/c1-35-23(31)19-20(24(32)36-2)40-16(28)12-8-6-10-14-18(30)42-22(26(34)38-4)21(25(33)37-3)41-17(29)13-9-5-7-11-15(27)39-19/h19-22H,5-14H2,1-4H3. The third kappa shape index (κ3) is 12.1. The highest BCUT2D eigenvalue weighted by Gasteiger charge is 2.43. The minimum Gasteiger partial charge on any atom is -0.466 e. The van der Waals surface area contributed by atoms with Gasteiger partial charge in [-0.15, -0.1) is 0 Å². The van der Waals surface area contributed by atoms with E-state index in [4.69, 9.17) is 18.9 Å². The molecule has 1 rings (SSSR count). The summed E-state index contributed by atoms with van der Waals surface area (Å²) in [6.45, 7) is 0. The molecular weight excluding hydrogens is 568 g/mol. The van der Waals surface area contributed by atoms with E-state index in [1.165, 1.54) is 0 Å². The van der Waals surface area contributed by atoms with Crippen LogP contribution in [0, 0.1) is 0 Å². The number of cyclic esters (lactones) is 4. The Morgan fingerprint density at radius 2 is 0.619 bits per heavy atom. The summed E-state index contributed by atoms with van der Waals surface area (Å²) in [7, 11) is 3.93. The first-order chi connectivity index (χ1) is 20.0. The third-order valence-corrected chi connectivity index (χ3v) is 5.84. The zero-order valence-electron chi connectivity index (χ0n) is 23.9. The van der Waals surface area contributed by atoms with E-state index in [1.807, 2.05) is 0 Å². The van der Waals surface area contributed by atoms with Crippen molar-refractivity contribution in [1.82, 2.24) is 0 Å². The van der Waals surface area contributed by atoms with Crippen LogP contribution in [0.2, 0.25) is 0 Å². The monoisotopic (exact) mass is 604 g/mol. The molecule has 1 aliphatic rings. The zero-order chi connectivity index (χ0) is 31.7. The molecule has 0 spiro atoms. The summed E-state index contributed by atoms with van der Waals surface area (Å²) < 4.78 is 38.8. The van der Waals surface area contributed by atoms with E-state index in [2.05, 4.69) is 18.9 Å². The van der Waals surface area contributed by atoms with Gasteiger partial charge in [0.2, 0.25) is 24.4 Å². The van der Waals surface area contributed by atoms with Crippen LogP contribution >= 0.6 is 0 Å². The lowest BCUT2D eigenvalue weighted by molar-refractivity contribution is -0.190. The van der Waals surface area contributed by atoms with Crippen molar-refractivity contribution in [3.05, 3.63) is 0 Å².